The van der Waals surface area contributed by atoms with Crippen LogP contribution < -0.4 is 10.6 Å². The topological polar surface area (TPSA) is 63.5 Å². The summed E-state index contributed by atoms with van der Waals surface area (Å²) in [5.74, 6) is 0.955. The van der Waals surface area contributed by atoms with Crippen molar-refractivity contribution in [3.63, 3.8) is 0 Å². The van der Waals surface area contributed by atoms with E-state index < -0.39 is 0 Å². The summed E-state index contributed by atoms with van der Waals surface area (Å²) in [4.78, 5) is 4.41. The van der Waals surface area contributed by atoms with Gasteiger partial charge in [0.25, 0.3) is 0 Å². The normalized spacial score (nSPS) is 20.2. The van der Waals surface area contributed by atoms with Crippen LogP contribution in [0.2, 0.25) is 0 Å². The number of hydrogen-bond donors (Lipinski definition) is 2. The fourth-order valence-electron chi connectivity index (χ4n) is 2.13. The summed E-state index contributed by atoms with van der Waals surface area (Å²) in [6.07, 6.45) is 1.96. The summed E-state index contributed by atoms with van der Waals surface area (Å²) in [7, 11) is 0. The van der Waals surface area contributed by atoms with Crippen molar-refractivity contribution in [2.75, 3.05) is 31.6 Å². The van der Waals surface area contributed by atoms with Crippen LogP contribution in [-0.4, -0.2) is 46.9 Å². The van der Waals surface area contributed by atoms with Crippen molar-refractivity contribution in [1.29, 1.82) is 0 Å². The van der Waals surface area contributed by atoms with Gasteiger partial charge in [-0.25, -0.2) is 4.98 Å². The van der Waals surface area contributed by atoms with Crippen LogP contribution in [-0.2, 0) is 4.74 Å². The molecule has 2 aromatic heterocycles. The number of nitrogens with one attached hydrogen (secondary N) is 2. The van der Waals surface area contributed by atoms with Crippen molar-refractivity contribution in [2.45, 2.75) is 13.0 Å². The zero-order valence-electron chi connectivity index (χ0n) is 10.4. The minimum atomic E-state index is 0.206. The largest absolute Gasteiger partial charge is 0.374 e. The summed E-state index contributed by atoms with van der Waals surface area (Å²) in [6, 6.07) is 3.90. The first-order chi connectivity index (χ1) is 8.83. The molecule has 0 spiro atoms. The quantitative estimate of drug-likeness (QED) is 0.824. The third kappa shape index (κ3) is 2.30. The van der Waals surface area contributed by atoms with Crippen LogP contribution in [0.1, 0.15) is 5.69 Å². The van der Waals surface area contributed by atoms with Crippen molar-refractivity contribution in [1.82, 2.24) is 19.9 Å². The number of ether oxygens (including phenoxy) is 1. The molecule has 0 aliphatic carbocycles. The monoisotopic (exact) mass is 247 g/mol. The number of hydrogen-bond acceptors (Lipinski definition) is 5. The van der Waals surface area contributed by atoms with Crippen molar-refractivity contribution >= 4 is 11.5 Å². The minimum absolute atomic E-state index is 0.206. The van der Waals surface area contributed by atoms with Crippen LogP contribution in [0.25, 0.3) is 5.65 Å². The van der Waals surface area contributed by atoms with Gasteiger partial charge in [-0.05, 0) is 6.92 Å². The van der Waals surface area contributed by atoms with E-state index >= 15 is 0 Å². The zero-order valence-corrected chi connectivity index (χ0v) is 10.4. The molecule has 1 atom stereocenters. The highest BCUT2D eigenvalue weighted by atomic mass is 16.5. The SMILES string of the molecule is Cc1cc(NC[C@H]2CNCCO2)n2nccc2n1. The Kier molecular flexibility index (Phi) is 3.12. The predicted molar refractivity (Wildman–Crippen MR) is 68.8 cm³/mol. The second-order valence-electron chi connectivity index (χ2n) is 4.46. The van der Waals surface area contributed by atoms with Gasteiger partial charge in [0.1, 0.15) is 5.82 Å². The summed E-state index contributed by atoms with van der Waals surface area (Å²) >= 11 is 0. The van der Waals surface area contributed by atoms with Gasteiger partial charge in [-0.1, -0.05) is 0 Å². The van der Waals surface area contributed by atoms with Crippen LogP contribution in [0.5, 0.6) is 0 Å². The number of rotatable bonds is 3. The van der Waals surface area contributed by atoms with Gasteiger partial charge in [-0.2, -0.15) is 9.61 Å². The lowest BCUT2D eigenvalue weighted by Crippen LogP contribution is -2.42. The summed E-state index contributed by atoms with van der Waals surface area (Å²) < 4.78 is 7.46. The molecule has 1 fully saturated rings. The number of anilines is 1. The third-order valence-corrected chi connectivity index (χ3v) is 3.00. The van der Waals surface area contributed by atoms with E-state index in [-0.39, 0.29) is 6.10 Å². The van der Waals surface area contributed by atoms with Gasteiger partial charge in [0.15, 0.2) is 5.65 Å². The van der Waals surface area contributed by atoms with Gasteiger partial charge in [-0.15, -0.1) is 0 Å². The maximum Gasteiger partial charge on any atom is 0.157 e. The van der Waals surface area contributed by atoms with Gasteiger partial charge in [0.05, 0.1) is 18.9 Å². The van der Waals surface area contributed by atoms with Crippen molar-refractivity contribution in [3.05, 3.63) is 24.0 Å². The van der Waals surface area contributed by atoms with E-state index in [1.165, 1.54) is 0 Å². The van der Waals surface area contributed by atoms with Crippen molar-refractivity contribution in [2.24, 2.45) is 0 Å². The molecule has 6 nitrogen and oxygen atoms in total. The van der Waals surface area contributed by atoms with E-state index in [0.717, 1.165) is 43.4 Å². The molecule has 18 heavy (non-hydrogen) atoms. The average molecular weight is 247 g/mol. The number of fused-ring (bicyclic) bond motifs is 1. The molecule has 0 saturated carbocycles. The number of nitrogens with zero attached hydrogens (tertiary/aromatic N) is 3. The maximum absolute atomic E-state index is 5.65. The van der Waals surface area contributed by atoms with Crippen LogP contribution in [0.15, 0.2) is 18.3 Å². The Morgan fingerprint density at radius 1 is 1.61 bits per heavy atom. The highest BCUT2D eigenvalue weighted by Gasteiger charge is 2.13. The lowest BCUT2D eigenvalue weighted by molar-refractivity contribution is 0.0371. The Morgan fingerprint density at radius 2 is 2.56 bits per heavy atom. The molecule has 1 aliphatic rings. The van der Waals surface area contributed by atoms with Crippen LogP contribution in [0, 0.1) is 6.92 Å². The van der Waals surface area contributed by atoms with E-state index in [1.54, 1.807) is 6.20 Å². The second kappa shape index (κ2) is 4.91. The Balaban J connectivity index is 1.75. The first kappa shape index (κ1) is 11.4. The summed E-state index contributed by atoms with van der Waals surface area (Å²) in [6.45, 7) is 5.36. The van der Waals surface area contributed by atoms with Crippen molar-refractivity contribution in [3.8, 4) is 0 Å². The Morgan fingerprint density at radius 3 is 3.39 bits per heavy atom. The lowest BCUT2D eigenvalue weighted by Gasteiger charge is -2.24. The highest BCUT2D eigenvalue weighted by Crippen LogP contribution is 2.12. The second-order valence-corrected chi connectivity index (χ2v) is 4.46. The number of aryl methyl sites for hydroxylation is 1. The first-order valence-corrected chi connectivity index (χ1v) is 6.20. The molecular formula is C12H17N5O. The van der Waals surface area contributed by atoms with Gasteiger partial charge in [0, 0.05) is 37.5 Å². The summed E-state index contributed by atoms with van der Waals surface area (Å²) in [5.41, 5.74) is 1.84. The first-order valence-electron chi connectivity index (χ1n) is 6.20. The smallest absolute Gasteiger partial charge is 0.157 e. The zero-order chi connectivity index (χ0) is 12.4. The third-order valence-electron chi connectivity index (χ3n) is 3.00. The Bertz CT molecular complexity index is 532. The number of aromatic nitrogens is 3. The van der Waals surface area contributed by atoms with E-state index in [9.17, 15) is 0 Å². The van der Waals surface area contributed by atoms with Crippen molar-refractivity contribution < 1.29 is 4.74 Å². The van der Waals surface area contributed by atoms with Gasteiger partial charge < -0.3 is 15.4 Å². The molecular weight excluding hydrogens is 230 g/mol. The lowest BCUT2D eigenvalue weighted by atomic mass is 10.3. The molecule has 1 saturated heterocycles. The molecule has 1 aliphatic heterocycles. The molecule has 3 rings (SSSR count). The van der Waals surface area contributed by atoms with Crippen LogP contribution in [0.4, 0.5) is 5.82 Å². The van der Waals surface area contributed by atoms with Crippen LogP contribution in [0.3, 0.4) is 0 Å². The van der Waals surface area contributed by atoms with E-state index in [4.69, 9.17) is 4.74 Å². The molecule has 0 bridgehead atoms. The number of morpholine rings is 1. The molecule has 0 radical (unpaired) electrons. The maximum atomic E-state index is 5.65. The predicted octanol–water partition coefficient (Wildman–Crippen LogP) is 0.438. The summed E-state index contributed by atoms with van der Waals surface area (Å²) in [5, 5.41) is 11.0. The molecule has 0 unspecified atom stereocenters. The van der Waals surface area contributed by atoms with Gasteiger partial charge >= 0.3 is 0 Å². The highest BCUT2D eigenvalue weighted by molar-refractivity contribution is 5.48. The van der Waals surface area contributed by atoms with E-state index in [2.05, 4.69) is 20.7 Å². The Labute approximate surface area is 105 Å². The molecule has 3 heterocycles. The van der Waals surface area contributed by atoms with Gasteiger partial charge in [-0.3, -0.25) is 0 Å². The van der Waals surface area contributed by atoms with E-state index in [1.807, 2.05) is 23.6 Å². The molecule has 0 aromatic carbocycles. The molecule has 0 amide bonds. The average Bonchev–Trinajstić information content (AvgIpc) is 2.85. The Hall–Kier alpha value is -1.66. The molecule has 96 valence electrons. The minimum Gasteiger partial charge on any atom is -0.374 e. The fourth-order valence-corrected chi connectivity index (χ4v) is 2.13. The standard InChI is InChI=1S/C12H17N5O/c1-9-6-12(17-11(16-9)2-3-15-17)14-8-10-7-13-4-5-18-10/h2-3,6,10,13-14H,4-5,7-8H2,1H3/t10-/m1/s1. The fraction of sp³-hybridized carbons (Fsp3) is 0.500. The van der Waals surface area contributed by atoms with Gasteiger partial charge in [0.2, 0.25) is 0 Å². The van der Waals surface area contributed by atoms with Crippen LogP contribution >= 0.6 is 0 Å². The molecule has 2 N–H and O–H groups in total. The van der Waals surface area contributed by atoms with E-state index in [0.29, 0.717) is 0 Å². The molecule has 6 heteroatoms. The molecule has 2 aromatic rings.